The molecule has 0 saturated carbocycles. The van der Waals surface area contributed by atoms with Crippen LogP contribution >= 0.6 is 23.6 Å². The van der Waals surface area contributed by atoms with Crippen LogP contribution in [0.2, 0.25) is 0 Å². The molecule has 110 valence electrons. The molecule has 0 spiro atoms. The predicted octanol–water partition coefficient (Wildman–Crippen LogP) is 2.17. The van der Waals surface area contributed by atoms with Crippen LogP contribution in [-0.2, 0) is 16.4 Å². The fraction of sp³-hybridized carbons (Fsp3) is 0.500. The average molecular weight is 332 g/mol. The first-order chi connectivity index (χ1) is 9.20. The molecule has 2 heterocycles. The van der Waals surface area contributed by atoms with E-state index in [2.05, 4.69) is 4.98 Å². The second-order valence-corrected chi connectivity index (χ2v) is 8.73. The Morgan fingerprint density at radius 3 is 2.60 bits per heavy atom. The molecular formula is C12H16N2O3S3. The lowest BCUT2D eigenvalue weighted by Gasteiger charge is -2.06. The molecule has 0 aliphatic carbocycles. The van der Waals surface area contributed by atoms with Gasteiger partial charge in [0.25, 0.3) is 5.56 Å². The monoisotopic (exact) mass is 332 g/mol. The number of aromatic amines is 1. The summed E-state index contributed by atoms with van der Waals surface area (Å²) in [6.07, 6.45) is 1.57. The number of rotatable bonds is 4. The maximum atomic E-state index is 12.5. The van der Waals surface area contributed by atoms with E-state index in [0.717, 1.165) is 15.3 Å². The highest BCUT2D eigenvalue weighted by Crippen LogP contribution is 2.25. The number of fused-ring (bicyclic) bond motifs is 1. The van der Waals surface area contributed by atoms with Crippen molar-refractivity contribution in [1.82, 2.24) is 9.55 Å². The minimum Gasteiger partial charge on any atom is -0.323 e. The lowest BCUT2D eigenvalue weighted by atomic mass is 10.2. The van der Waals surface area contributed by atoms with Crippen LogP contribution in [0, 0.1) is 18.6 Å². The maximum Gasteiger partial charge on any atom is 0.263 e. The Morgan fingerprint density at radius 1 is 1.35 bits per heavy atom. The van der Waals surface area contributed by atoms with Crippen LogP contribution in [0.1, 0.15) is 16.9 Å². The van der Waals surface area contributed by atoms with E-state index >= 15 is 0 Å². The Bertz CT molecular complexity index is 872. The van der Waals surface area contributed by atoms with Crippen LogP contribution in [0.4, 0.5) is 0 Å². The van der Waals surface area contributed by atoms with Gasteiger partial charge in [0, 0.05) is 17.7 Å². The van der Waals surface area contributed by atoms with E-state index in [-0.39, 0.29) is 11.3 Å². The summed E-state index contributed by atoms with van der Waals surface area (Å²) in [6, 6.07) is 0. The molecule has 1 N–H and O–H groups in total. The van der Waals surface area contributed by atoms with Gasteiger partial charge in [-0.1, -0.05) is 0 Å². The fourth-order valence-electron chi connectivity index (χ4n) is 2.05. The Morgan fingerprint density at radius 2 is 2.00 bits per heavy atom. The summed E-state index contributed by atoms with van der Waals surface area (Å²) in [6.45, 7) is 4.18. The van der Waals surface area contributed by atoms with Gasteiger partial charge in [-0.2, -0.15) is 0 Å². The van der Waals surface area contributed by atoms with Crippen LogP contribution in [0.15, 0.2) is 4.79 Å². The number of aromatic nitrogens is 2. The van der Waals surface area contributed by atoms with E-state index in [1.54, 1.807) is 0 Å². The van der Waals surface area contributed by atoms with Gasteiger partial charge < -0.3 is 4.98 Å². The van der Waals surface area contributed by atoms with Crippen LogP contribution in [0.3, 0.4) is 0 Å². The molecule has 0 bridgehead atoms. The Hall–Kier alpha value is -0.990. The van der Waals surface area contributed by atoms with Gasteiger partial charge in [-0.05, 0) is 38.0 Å². The first-order valence-corrected chi connectivity index (χ1v) is 9.40. The molecule has 0 radical (unpaired) electrons. The Labute approximate surface area is 126 Å². The standard InChI is InChI=1S/C12H16N2O3S3/c1-7-8(2)19-10-9(7)11(15)14(12(18)13-10)5-4-6-20(3,16)17/h4-6H2,1-3H3,(H,13,18). The third-order valence-corrected chi connectivity index (χ3v) is 5.68. The summed E-state index contributed by atoms with van der Waals surface area (Å²) < 4.78 is 24.1. The highest BCUT2D eigenvalue weighted by molar-refractivity contribution is 7.90. The molecule has 0 atom stereocenters. The molecule has 8 heteroatoms. The number of aryl methyl sites for hydroxylation is 2. The number of hydrogen-bond acceptors (Lipinski definition) is 5. The Balaban J connectivity index is 2.46. The number of nitrogens with zero attached hydrogens (tertiary/aromatic N) is 1. The van der Waals surface area contributed by atoms with Gasteiger partial charge in [-0.25, -0.2) is 8.42 Å². The molecule has 5 nitrogen and oxygen atoms in total. The zero-order valence-electron chi connectivity index (χ0n) is 11.5. The highest BCUT2D eigenvalue weighted by atomic mass is 32.2. The number of hydrogen-bond donors (Lipinski definition) is 1. The molecule has 0 aliphatic rings. The molecule has 0 amide bonds. The number of H-pyrrole nitrogens is 1. The summed E-state index contributed by atoms with van der Waals surface area (Å²) in [5.41, 5.74) is 0.817. The maximum absolute atomic E-state index is 12.5. The minimum atomic E-state index is -3.02. The lowest BCUT2D eigenvalue weighted by Crippen LogP contribution is -2.23. The largest absolute Gasteiger partial charge is 0.323 e. The van der Waals surface area contributed by atoms with Gasteiger partial charge in [0.1, 0.15) is 14.7 Å². The summed E-state index contributed by atoms with van der Waals surface area (Å²) >= 11 is 6.70. The van der Waals surface area contributed by atoms with E-state index < -0.39 is 9.84 Å². The van der Waals surface area contributed by atoms with Crippen molar-refractivity contribution in [3.05, 3.63) is 25.6 Å². The average Bonchev–Trinajstić information content (AvgIpc) is 2.58. The molecule has 0 aromatic carbocycles. The zero-order chi connectivity index (χ0) is 15.1. The van der Waals surface area contributed by atoms with Gasteiger partial charge >= 0.3 is 0 Å². The molecule has 0 aliphatic heterocycles. The van der Waals surface area contributed by atoms with E-state index in [1.807, 2.05) is 13.8 Å². The highest BCUT2D eigenvalue weighted by Gasteiger charge is 2.13. The van der Waals surface area contributed by atoms with Crippen molar-refractivity contribution in [2.75, 3.05) is 12.0 Å². The van der Waals surface area contributed by atoms with Gasteiger partial charge in [0.15, 0.2) is 4.77 Å². The number of nitrogens with one attached hydrogen (secondary N) is 1. The van der Waals surface area contributed by atoms with Crippen molar-refractivity contribution in [1.29, 1.82) is 0 Å². The first-order valence-electron chi connectivity index (χ1n) is 6.11. The Kier molecular flexibility index (Phi) is 4.17. The van der Waals surface area contributed by atoms with Gasteiger partial charge in [0.05, 0.1) is 11.1 Å². The second-order valence-electron chi connectivity index (χ2n) is 4.86. The van der Waals surface area contributed by atoms with Crippen molar-refractivity contribution in [3.63, 3.8) is 0 Å². The summed E-state index contributed by atoms with van der Waals surface area (Å²) in [4.78, 5) is 17.4. The van der Waals surface area contributed by atoms with Crippen molar-refractivity contribution in [2.45, 2.75) is 26.8 Å². The van der Waals surface area contributed by atoms with Crippen LogP contribution < -0.4 is 5.56 Å². The van der Waals surface area contributed by atoms with E-state index in [1.165, 1.54) is 22.2 Å². The molecule has 0 fully saturated rings. The molecule has 0 unspecified atom stereocenters. The molecule has 0 saturated heterocycles. The molecule has 20 heavy (non-hydrogen) atoms. The SMILES string of the molecule is Cc1sc2[nH]c(=S)n(CCCS(C)(=O)=O)c(=O)c2c1C. The van der Waals surface area contributed by atoms with E-state index in [9.17, 15) is 13.2 Å². The van der Waals surface area contributed by atoms with Gasteiger partial charge in [-0.15, -0.1) is 11.3 Å². The van der Waals surface area contributed by atoms with Gasteiger partial charge in [-0.3, -0.25) is 9.36 Å². The van der Waals surface area contributed by atoms with Crippen molar-refractivity contribution >= 4 is 43.6 Å². The summed E-state index contributed by atoms with van der Waals surface area (Å²) in [5, 5.41) is 0.653. The van der Waals surface area contributed by atoms with E-state index in [4.69, 9.17) is 12.2 Å². The van der Waals surface area contributed by atoms with Crippen LogP contribution in [-0.4, -0.2) is 30.0 Å². The van der Waals surface area contributed by atoms with E-state index in [0.29, 0.717) is 23.1 Å². The van der Waals surface area contributed by atoms with Gasteiger partial charge in [0.2, 0.25) is 0 Å². The van der Waals surface area contributed by atoms with Crippen molar-refractivity contribution in [2.24, 2.45) is 0 Å². The summed E-state index contributed by atoms with van der Waals surface area (Å²) in [7, 11) is -3.02. The second kappa shape index (κ2) is 5.42. The molecule has 2 aromatic rings. The van der Waals surface area contributed by atoms with Crippen molar-refractivity contribution < 1.29 is 8.42 Å². The van der Waals surface area contributed by atoms with Crippen molar-refractivity contribution in [3.8, 4) is 0 Å². The number of thiophene rings is 1. The normalized spacial score (nSPS) is 12.2. The quantitative estimate of drug-likeness (QED) is 0.871. The minimum absolute atomic E-state index is 0.0495. The topological polar surface area (TPSA) is 71.9 Å². The third-order valence-electron chi connectivity index (χ3n) is 3.21. The predicted molar refractivity (Wildman–Crippen MR) is 85.1 cm³/mol. The van der Waals surface area contributed by atoms with Crippen LogP contribution in [0.5, 0.6) is 0 Å². The molecule has 2 rings (SSSR count). The molecule has 2 aromatic heterocycles. The van der Waals surface area contributed by atoms with Crippen LogP contribution in [0.25, 0.3) is 10.2 Å². The smallest absolute Gasteiger partial charge is 0.263 e. The first kappa shape index (κ1) is 15.4. The summed E-state index contributed by atoms with van der Waals surface area (Å²) in [5.74, 6) is 0.0495. The fourth-order valence-corrected chi connectivity index (χ4v) is 4.10. The molecular weight excluding hydrogens is 316 g/mol. The zero-order valence-corrected chi connectivity index (χ0v) is 14.0. The third kappa shape index (κ3) is 3.02. The number of sulfone groups is 1. The lowest BCUT2D eigenvalue weighted by molar-refractivity contribution is 0.587.